The van der Waals surface area contributed by atoms with Crippen molar-refractivity contribution in [2.45, 2.75) is 27.1 Å². The molecule has 0 saturated heterocycles. The first-order valence-corrected chi connectivity index (χ1v) is 7.97. The topological polar surface area (TPSA) is 78.3 Å². The Morgan fingerprint density at radius 3 is 2.76 bits per heavy atom. The normalized spacial score (nSPS) is 11.3. The molecule has 0 aliphatic rings. The third-order valence-electron chi connectivity index (χ3n) is 3.82. The lowest BCUT2D eigenvalue weighted by molar-refractivity contribution is 0.0850. The molecule has 0 unspecified atom stereocenters. The molecule has 0 amide bonds. The van der Waals surface area contributed by atoms with E-state index in [1.54, 1.807) is 10.7 Å². The van der Waals surface area contributed by atoms with Crippen molar-refractivity contribution in [1.29, 1.82) is 0 Å². The smallest absolute Gasteiger partial charge is 0.252 e. The minimum atomic E-state index is 0.257. The number of fused-ring (bicyclic) bond motifs is 1. The highest BCUT2D eigenvalue weighted by Crippen LogP contribution is 2.22. The zero-order chi connectivity index (χ0) is 17.2. The second kappa shape index (κ2) is 6.45. The van der Waals surface area contributed by atoms with Crippen molar-refractivity contribution < 1.29 is 9.26 Å². The Labute approximate surface area is 144 Å². The van der Waals surface area contributed by atoms with Gasteiger partial charge in [0.15, 0.2) is 5.65 Å². The molecule has 0 atom stereocenters. The van der Waals surface area contributed by atoms with Gasteiger partial charge in [0.2, 0.25) is 5.82 Å². The zero-order valence-corrected chi connectivity index (χ0v) is 14.0. The molecular weight excluding hydrogens is 318 g/mol. The fourth-order valence-corrected chi connectivity index (χ4v) is 2.68. The molecule has 3 heterocycles. The predicted octanol–water partition coefficient (Wildman–Crippen LogP) is 3.11. The quantitative estimate of drug-likeness (QED) is 0.557. The van der Waals surface area contributed by atoms with E-state index < -0.39 is 0 Å². The molecule has 0 aliphatic heterocycles. The molecular formula is C18H17N5O2. The fraction of sp³-hybridized carbons (Fsp3) is 0.222. The molecule has 0 N–H and O–H groups in total. The highest BCUT2D eigenvalue weighted by molar-refractivity contribution is 5.72. The van der Waals surface area contributed by atoms with Gasteiger partial charge in [-0.25, -0.2) is 9.50 Å². The summed E-state index contributed by atoms with van der Waals surface area (Å²) in [4.78, 5) is 8.93. The van der Waals surface area contributed by atoms with E-state index in [1.165, 1.54) is 0 Å². The summed E-state index contributed by atoms with van der Waals surface area (Å²) < 4.78 is 12.7. The van der Waals surface area contributed by atoms with Crippen molar-refractivity contribution in [1.82, 2.24) is 24.7 Å². The van der Waals surface area contributed by atoms with Crippen LogP contribution in [-0.4, -0.2) is 24.7 Å². The molecule has 1 aromatic carbocycles. The number of hydrogen-bond acceptors (Lipinski definition) is 6. The molecule has 0 fully saturated rings. The highest BCUT2D eigenvalue weighted by Gasteiger charge is 2.16. The van der Waals surface area contributed by atoms with Crippen molar-refractivity contribution in [3.8, 4) is 11.4 Å². The van der Waals surface area contributed by atoms with Gasteiger partial charge in [-0.2, -0.15) is 10.1 Å². The molecule has 25 heavy (non-hydrogen) atoms. The Kier molecular flexibility index (Phi) is 3.99. The average molecular weight is 335 g/mol. The highest BCUT2D eigenvalue weighted by atomic mass is 16.5. The van der Waals surface area contributed by atoms with Gasteiger partial charge in [0.05, 0.1) is 18.4 Å². The first-order chi connectivity index (χ1) is 12.2. The van der Waals surface area contributed by atoms with Crippen LogP contribution in [0.15, 0.2) is 47.1 Å². The SMILES string of the molecule is Cc1cc(C)n2ncc(-c3noc(COCc4ccccc4)n3)c2n1. The van der Waals surface area contributed by atoms with Crippen LogP contribution in [0.4, 0.5) is 0 Å². The van der Waals surface area contributed by atoms with Gasteiger partial charge in [-0.3, -0.25) is 0 Å². The maximum Gasteiger partial charge on any atom is 0.252 e. The second-order valence-electron chi connectivity index (χ2n) is 5.82. The van der Waals surface area contributed by atoms with Crippen LogP contribution in [-0.2, 0) is 18.0 Å². The Balaban J connectivity index is 1.51. The molecule has 0 spiro atoms. The first-order valence-electron chi connectivity index (χ1n) is 7.97. The Morgan fingerprint density at radius 1 is 1.08 bits per heavy atom. The average Bonchev–Trinajstić information content (AvgIpc) is 3.22. The van der Waals surface area contributed by atoms with Crippen molar-refractivity contribution >= 4 is 5.65 Å². The minimum Gasteiger partial charge on any atom is -0.367 e. The largest absolute Gasteiger partial charge is 0.367 e. The third-order valence-corrected chi connectivity index (χ3v) is 3.82. The Morgan fingerprint density at radius 2 is 1.92 bits per heavy atom. The molecule has 4 rings (SSSR count). The number of aromatic nitrogens is 5. The maximum atomic E-state index is 5.63. The van der Waals surface area contributed by atoms with Gasteiger partial charge in [0, 0.05) is 11.4 Å². The minimum absolute atomic E-state index is 0.257. The van der Waals surface area contributed by atoms with Crippen LogP contribution >= 0.6 is 0 Å². The van der Waals surface area contributed by atoms with Crippen LogP contribution < -0.4 is 0 Å². The molecule has 0 saturated carbocycles. The molecule has 0 radical (unpaired) electrons. The summed E-state index contributed by atoms with van der Waals surface area (Å²) in [5.41, 5.74) is 4.48. The lowest BCUT2D eigenvalue weighted by atomic mass is 10.2. The summed E-state index contributed by atoms with van der Waals surface area (Å²) in [5, 5.41) is 8.38. The fourth-order valence-electron chi connectivity index (χ4n) is 2.68. The summed E-state index contributed by atoms with van der Waals surface area (Å²) in [6, 6.07) is 11.9. The van der Waals surface area contributed by atoms with E-state index in [4.69, 9.17) is 9.26 Å². The van der Waals surface area contributed by atoms with Gasteiger partial charge in [-0.15, -0.1) is 0 Å². The number of benzene rings is 1. The zero-order valence-electron chi connectivity index (χ0n) is 14.0. The third kappa shape index (κ3) is 3.14. The number of ether oxygens (including phenoxy) is 1. The van der Waals surface area contributed by atoms with Gasteiger partial charge in [0.25, 0.3) is 5.89 Å². The van der Waals surface area contributed by atoms with E-state index in [0.29, 0.717) is 18.3 Å². The first kappa shape index (κ1) is 15.5. The van der Waals surface area contributed by atoms with E-state index in [2.05, 4.69) is 20.2 Å². The van der Waals surface area contributed by atoms with E-state index >= 15 is 0 Å². The summed E-state index contributed by atoms with van der Waals surface area (Å²) in [5.74, 6) is 0.889. The molecule has 7 heteroatoms. The van der Waals surface area contributed by atoms with Crippen molar-refractivity contribution in [2.75, 3.05) is 0 Å². The van der Waals surface area contributed by atoms with Crippen molar-refractivity contribution in [2.24, 2.45) is 0 Å². The van der Waals surface area contributed by atoms with E-state index in [-0.39, 0.29) is 6.61 Å². The van der Waals surface area contributed by atoms with Gasteiger partial charge in [-0.05, 0) is 25.5 Å². The molecule has 0 bridgehead atoms. The van der Waals surface area contributed by atoms with Gasteiger partial charge >= 0.3 is 0 Å². The van der Waals surface area contributed by atoms with Gasteiger partial charge < -0.3 is 9.26 Å². The monoisotopic (exact) mass is 335 g/mol. The number of nitrogens with zero attached hydrogens (tertiary/aromatic N) is 5. The van der Waals surface area contributed by atoms with Gasteiger partial charge in [0.1, 0.15) is 6.61 Å². The lowest BCUT2D eigenvalue weighted by Crippen LogP contribution is -1.97. The standard InChI is InChI=1S/C18H17N5O2/c1-12-8-13(2)23-18(20-12)15(9-19-23)17-21-16(25-22-17)11-24-10-14-6-4-3-5-7-14/h3-9H,10-11H2,1-2H3. The van der Waals surface area contributed by atoms with E-state index in [1.807, 2.05) is 50.2 Å². The Hall–Kier alpha value is -3.06. The van der Waals surface area contributed by atoms with Crippen LogP contribution in [0.25, 0.3) is 17.0 Å². The van der Waals surface area contributed by atoms with Crippen LogP contribution in [0.3, 0.4) is 0 Å². The summed E-state index contributed by atoms with van der Waals surface area (Å²) in [6.45, 7) is 4.68. The van der Waals surface area contributed by atoms with Crippen molar-refractivity contribution in [3.05, 3.63) is 65.4 Å². The number of hydrogen-bond donors (Lipinski definition) is 0. The predicted molar refractivity (Wildman–Crippen MR) is 90.7 cm³/mol. The van der Waals surface area contributed by atoms with Crippen molar-refractivity contribution in [3.63, 3.8) is 0 Å². The van der Waals surface area contributed by atoms with Crippen LogP contribution in [0, 0.1) is 13.8 Å². The lowest BCUT2D eigenvalue weighted by Gasteiger charge is -2.01. The summed E-state index contributed by atoms with van der Waals surface area (Å²) >= 11 is 0. The van der Waals surface area contributed by atoms with Crippen LogP contribution in [0.1, 0.15) is 22.8 Å². The van der Waals surface area contributed by atoms with E-state index in [0.717, 1.165) is 28.2 Å². The van der Waals surface area contributed by atoms with Crippen LogP contribution in [0.2, 0.25) is 0 Å². The van der Waals surface area contributed by atoms with Gasteiger partial charge in [-0.1, -0.05) is 35.5 Å². The molecule has 7 nitrogen and oxygen atoms in total. The second-order valence-corrected chi connectivity index (χ2v) is 5.82. The number of aryl methyl sites for hydroxylation is 2. The van der Waals surface area contributed by atoms with E-state index in [9.17, 15) is 0 Å². The molecule has 4 aromatic rings. The Bertz CT molecular complexity index is 1010. The molecule has 126 valence electrons. The summed E-state index contributed by atoms with van der Waals surface area (Å²) in [6.07, 6.45) is 1.70. The number of rotatable bonds is 5. The molecule has 0 aliphatic carbocycles. The van der Waals surface area contributed by atoms with Crippen LogP contribution in [0.5, 0.6) is 0 Å². The maximum absolute atomic E-state index is 5.63. The molecule has 3 aromatic heterocycles. The summed E-state index contributed by atoms with van der Waals surface area (Å²) in [7, 11) is 0.